The normalized spacial score (nSPS) is 14.4. The second kappa shape index (κ2) is 9.84. The van der Waals surface area contributed by atoms with Crippen molar-refractivity contribution in [1.82, 2.24) is 20.3 Å². The van der Waals surface area contributed by atoms with Crippen LogP contribution in [0.5, 0.6) is 0 Å². The van der Waals surface area contributed by atoms with Crippen LogP contribution in [0.2, 0.25) is 10.0 Å². The van der Waals surface area contributed by atoms with E-state index in [-0.39, 0.29) is 0 Å². The van der Waals surface area contributed by atoms with Crippen LogP contribution >= 0.6 is 35.0 Å². The Labute approximate surface area is 194 Å². The summed E-state index contributed by atoms with van der Waals surface area (Å²) in [5.41, 5.74) is 3.83. The number of aromatic nitrogens is 3. The summed E-state index contributed by atoms with van der Waals surface area (Å²) in [5, 5.41) is 19.9. The van der Waals surface area contributed by atoms with Gasteiger partial charge in [0.05, 0.1) is 26.5 Å². The molecule has 0 radical (unpaired) electrons. The molecule has 6 nitrogen and oxygen atoms in total. The van der Waals surface area contributed by atoms with Gasteiger partial charge in [0.2, 0.25) is 5.95 Å². The number of hydrogen-bond acceptors (Lipinski definition) is 7. The Kier molecular flexibility index (Phi) is 6.73. The van der Waals surface area contributed by atoms with Gasteiger partial charge in [0, 0.05) is 36.1 Å². The zero-order valence-electron chi connectivity index (χ0n) is 16.1. The first kappa shape index (κ1) is 21.2. The summed E-state index contributed by atoms with van der Waals surface area (Å²) >= 11 is 13.6. The second-order valence-electron chi connectivity index (χ2n) is 6.52. The predicted octanol–water partition coefficient (Wildman–Crippen LogP) is 5.36. The summed E-state index contributed by atoms with van der Waals surface area (Å²) in [7, 11) is 0. The topological polar surface area (TPSA) is 86.5 Å². The molecule has 0 saturated heterocycles. The number of pyridine rings is 1. The van der Waals surface area contributed by atoms with Crippen molar-refractivity contribution >= 4 is 52.2 Å². The van der Waals surface area contributed by atoms with Crippen LogP contribution in [-0.4, -0.2) is 21.5 Å². The van der Waals surface area contributed by atoms with E-state index in [9.17, 15) is 5.26 Å². The Balaban J connectivity index is 1.48. The van der Waals surface area contributed by atoms with Crippen molar-refractivity contribution < 1.29 is 0 Å². The Morgan fingerprint density at radius 3 is 2.84 bits per heavy atom. The van der Waals surface area contributed by atoms with Gasteiger partial charge >= 0.3 is 0 Å². The highest BCUT2D eigenvalue weighted by molar-refractivity contribution is 8.06. The standard InChI is InChI=1S/C22H16Cl2N6S/c23-17-4-3-15(10-18(17)24)20-13-31-21(29-20)16(11-25)19-6-9-28-22(30-19)27-8-5-14-2-1-7-26-12-14/h1-4,6-7,9-10,12-13,29H,5,8H2,(H,27,28,30)/b21-16-. The number of anilines is 1. The average molecular weight is 467 g/mol. The van der Waals surface area contributed by atoms with Crippen molar-refractivity contribution in [3.05, 3.63) is 92.3 Å². The molecule has 3 aromatic rings. The zero-order valence-corrected chi connectivity index (χ0v) is 18.5. The number of halogens is 2. The molecule has 3 heterocycles. The van der Waals surface area contributed by atoms with Gasteiger partial charge in [0.15, 0.2) is 0 Å². The monoisotopic (exact) mass is 466 g/mol. The minimum atomic E-state index is 0.439. The van der Waals surface area contributed by atoms with Crippen LogP contribution < -0.4 is 10.6 Å². The number of nitriles is 1. The van der Waals surface area contributed by atoms with Gasteiger partial charge in [-0.05, 0) is 36.2 Å². The van der Waals surface area contributed by atoms with E-state index in [0.29, 0.717) is 38.8 Å². The van der Waals surface area contributed by atoms with Crippen molar-refractivity contribution in [3.63, 3.8) is 0 Å². The lowest BCUT2D eigenvalue weighted by Gasteiger charge is -2.09. The fourth-order valence-corrected chi connectivity index (χ4v) is 4.06. The number of nitrogens with zero attached hydrogens (tertiary/aromatic N) is 4. The van der Waals surface area contributed by atoms with Crippen LogP contribution in [0.1, 0.15) is 16.8 Å². The fourth-order valence-electron chi connectivity index (χ4n) is 2.90. The molecule has 31 heavy (non-hydrogen) atoms. The molecule has 0 fully saturated rings. The number of allylic oxidation sites excluding steroid dienone is 1. The largest absolute Gasteiger partial charge is 0.354 e. The lowest BCUT2D eigenvalue weighted by molar-refractivity contribution is 0.971. The van der Waals surface area contributed by atoms with Gasteiger partial charge in [-0.15, -0.1) is 0 Å². The van der Waals surface area contributed by atoms with Crippen LogP contribution in [0.3, 0.4) is 0 Å². The highest BCUT2D eigenvalue weighted by atomic mass is 35.5. The molecule has 154 valence electrons. The Bertz CT molecular complexity index is 1200. The van der Waals surface area contributed by atoms with E-state index >= 15 is 0 Å². The van der Waals surface area contributed by atoms with Gasteiger partial charge in [-0.3, -0.25) is 4.98 Å². The third kappa shape index (κ3) is 5.17. The van der Waals surface area contributed by atoms with Gasteiger partial charge in [-0.25, -0.2) is 9.97 Å². The third-order valence-electron chi connectivity index (χ3n) is 4.44. The van der Waals surface area contributed by atoms with E-state index in [2.05, 4.69) is 31.7 Å². The minimum absolute atomic E-state index is 0.439. The molecule has 0 amide bonds. The van der Waals surface area contributed by atoms with Crippen LogP contribution in [0.15, 0.2) is 65.4 Å². The van der Waals surface area contributed by atoms with Crippen LogP contribution in [0, 0.1) is 11.3 Å². The Morgan fingerprint density at radius 1 is 1.16 bits per heavy atom. The molecule has 2 N–H and O–H groups in total. The van der Waals surface area contributed by atoms with Crippen molar-refractivity contribution in [2.45, 2.75) is 6.42 Å². The van der Waals surface area contributed by atoms with E-state index in [0.717, 1.165) is 23.2 Å². The predicted molar refractivity (Wildman–Crippen MR) is 126 cm³/mol. The SMILES string of the molecule is N#C/C(=C1\NC(c2ccc(Cl)c(Cl)c2)=CS1)c1ccnc(NCCc2cccnc2)n1. The first-order valence-electron chi connectivity index (χ1n) is 9.34. The highest BCUT2D eigenvalue weighted by Crippen LogP contribution is 2.36. The Morgan fingerprint density at radius 2 is 2.06 bits per heavy atom. The molecule has 9 heteroatoms. The molecule has 0 spiro atoms. The van der Waals surface area contributed by atoms with Gasteiger partial charge in [-0.2, -0.15) is 5.26 Å². The van der Waals surface area contributed by atoms with Gasteiger partial charge < -0.3 is 10.6 Å². The summed E-state index contributed by atoms with van der Waals surface area (Å²) < 4.78 is 0. The quantitative estimate of drug-likeness (QED) is 0.472. The molecule has 0 bridgehead atoms. The maximum atomic E-state index is 9.78. The fraction of sp³-hybridized carbons (Fsp3) is 0.0909. The van der Waals surface area contributed by atoms with Crippen LogP contribution in [0.4, 0.5) is 5.95 Å². The van der Waals surface area contributed by atoms with Gasteiger partial charge in [0.1, 0.15) is 11.6 Å². The second-order valence-corrected chi connectivity index (χ2v) is 8.22. The van der Waals surface area contributed by atoms with Crippen LogP contribution in [0.25, 0.3) is 11.3 Å². The maximum Gasteiger partial charge on any atom is 0.223 e. The summed E-state index contributed by atoms with van der Waals surface area (Å²) in [5.74, 6) is 0.468. The van der Waals surface area contributed by atoms with E-state index in [1.54, 1.807) is 30.6 Å². The molecular weight excluding hydrogens is 451 g/mol. The average Bonchev–Trinajstić information content (AvgIpc) is 3.27. The molecular formula is C22H16Cl2N6S. The highest BCUT2D eigenvalue weighted by Gasteiger charge is 2.19. The lowest BCUT2D eigenvalue weighted by Crippen LogP contribution is -2.10. The number of hydrogen-bond donors (Lipinski definition) is 2. The maximum absolute atomic E-state index is 9.78. The first-order chi connectivity index (χ1) is 15.1. The summed E-state index contributed by atoms with van der Waals surface area (Å²) in [6, 6.07) is 13.3. The molecule has 4 rings (SSSR count). The zero-order chi connectivity index (χ0) is 21.6. The molecule has 2 aromatic heterocycles. The number of benzene rings is 1. The number of nitrogens with one attached hydrogen (secondary N) is 2. The van der Waals surface area contributed by atoms with Crippen molar-refractivity contribution in [1.29, 1.82) is 5.26 Å². The smallest absolute Gasteiger partial charge is 0.223 e. The van der Waals surface area contributed by atoms with E-state index in [4.69, 9.17) is 23.2 Å². The number of rotatable bonds is 6. The Hall–Kier alpha value is -3.05. The molecule has 1 aliphatic rings. The molecule has 0 unspecified atom stereocenters. The van der Waals surface area contributed by atoms with Crippen molar-refractivity contribution in [3.8, 4) is 6.07 Å². The first-order valence-corrected chi connectivity index (χ1v) is 11.0. The van der Waals surface area contributed by atoms with E-state index in [1.165, 1.54) is 11.8 Å². The third-order valence-corrected chi connectivity index (χ3v) is 6.08. The molecule has 1 aliphatic heterocycles. The molecule has 1 aromatic carbocycles. The summed E-state index contributed by atoms with van der Waals surface area (Å²) in [6.07, 6.45) is 6.01. The number of thioether (sulfide) groups is 1. The molecule has 0 aliphatic carbocycles. The minimum Gasteiger partial charge on any atom is -0.354 e. The molecule has 0 saturated carbocycles. The van der Waals surface area contributed by atoms with E-state index in [1.807, 2.05) is 29.8 Å². The van der Waals surface area contributed by atoms with Gasteiger partial charge in [-0.1, -0.05) is 47.1 Å². The van der Waals surface area contributed by atoms with Crippen molar-refractivity contribution in [2.24, 2.45) is 0 Å². The van der Waals surface area contributed by atoms with E-state index < -0.39 is 0 Å². The van der Waals surface area contributed by atoms with Crippen LogP contribution in [-0.2, 0) is 6.42 Å². The van der Waals surface area contributed by atoms with Crippen molar-refractivity contribution in [2.75, 3.05) is 11.9 Å². The summed E-state index contributed by atoms with van der Waals surface area (Å²) in [6.45, 7) is 0.656. The lowest BCUT2D eigenvalue weighted by atomic mass is 10.1. The molecule has 0 atom stereocenters. The summed E-state index contributed by atoms with van der Waals surface area (Å²) in [4.78, 5) is 12.9. The van der Waals surface area contributed by atoms with Gasteiger partial charge in [0.25, 0.3) is 0 Å².